The Balaban J connectivity index is 1.15. The smallest absolute Gasteiger partial charge is 0.446 e. The molecular formula is C26H23F4N3O6. The highest BCUT2D eigenvalue weighted by atomic mass is 19.4. The molecule has 1 saturated heterocycles. The molecule has 0 aromatic heterocycles. The lowest BCUT2D eigenvalue weighted by Gasteiger charge is -2.35. The van der Waals surface area contributed by atoms with Gasteiger partial charge in [0.1, 0.15) is 23.7 Å². The number of benzene rings is 2. The van der Waals surface area contributed by atoms with E-state index in [1.165, 1.54) is 29.2 Å². The van der Waals surface area contributed by atoms with Gasteiger partial charge in [0, 0.05) is 25.1 Å². The second-order valence-electron chi connectivity index (χ2n) is 9.61. The predicted molar refractivity (Wildman–Crippen MR) is 125 cm³/mol. The average molecular weight is 549 g/mol. The predicted octanol–water partition coefficient (Wildman–Crippen LogP) is 3.66. The van der Waals surface area contributed by atoms with Crippen molar-refractivity contribution in [3.05, 3.63) is 64.5 Å². The number of nitrogens with zero attached hydrogens (tertiary/aromatic N) is 1. The first kappa shape index (κ1) is 26.4. The molecule has 1 aliphatic carbocycles. The van der Waals surface area contributed by atoms with Crippen LogP contribution in [-0.4, -0.2) is 47.2 Å². The molecule has 2 N–H and O–H groups in total. The molecule has 1 unspecified atom stereocenters. The lowest BCUT2D eigenvalue weighted by atomic mass is 9.77. The van der Waals surface area contributed by atoms with Crippen LogP contribution >= 0.6 is 0 Å². The van der Waals surface area contributed by atoms with Crippen molar-refractivity contribution in [3.8, 4) is 5.75 Å². The van der Waals surface area contributed by atoms with Crippen molar-refractivity contribution >= 4 is 23.8 Å². The minimum atomic E-state index is -4.82. The molecule has 1 saturated carbocycles. The number of para-hydroxylation sites is 1. The molecule has 0 bridgehead atoms. The Morgan fingerprint density at radius 2 is 1.85 bits per heavy atom. The van der Waals surface area contributed by atoms with Gasteiger partial charge in [0.05, 0.1) is 5.56 Å². The molecule has 0 spiro atoms. The normalized spacial score (nSPS) is 22.6. The number of fused-ring (bicyclic) bond motifs is 1. The first-order valence-corrected chi connectivity index (χ1v) is 12.2. The van der Waals surface area contributed by atoms with E-state index in [0.717, 1.165) is 0 Å². The van der Waals surface area contributed by atoms with Gasteiger partial charge in [-0.2, -0.15) is 0 Å². The molecule has 13 heteroatoms. The van der Waals surface area contributed by atoms with E-state index in [1.54, 1.807) is 12.1 Å². The Kier molecular flexibility index (Phi) is 6.91. The van der Waals surface area contributed by atoms with Crippen LogP contribution in [0, 0.1) is 5.82 Å². The van der Waals surface area contributed by atoms with Crippen LogP contribution in [0.15, 0.2) is 36.4 Å². The van der Waals surface area contributed by atoms with Gasteiger partial charge in [-0.05, 0) is 42.4 Å². The van der Waals surface area contributed by atoms with Gasteiger partial charge < -0.3 is 19.7 Å². The van der Waals surface area contributed by atoms with E-state index in [9.17, 15) is 32.3 Å². The standard InChI is InChI=1S/C26H23F4N3O6/c27-22-13(5-6-14-12-33(24(36)21(14)22)18-7-8-20(34)32-23(18)35)11-31-25(37)38-16-9-15(10-16)17-3-1-2-4-19(17)39-26(28,29)30/h1-6,15-16,18H,7-12H2,(H,31,37)(H,32,34,35). The number of halogens is 4. The summed E-state index contributed by atoms with van der Waals surface area (Å²) in [5.41, 5.74) is 0.609. The Morgan fingerprint density at radius 1 is 1.10 bits per heavy atom. The zero-order chi connectivity index (χ0) is 27.9. The zero-order valence-corrected chi connectivity index (χ0v) is 20.3. The topological polar surface area (TPSA) is 114 Å². The number of carbonyl (C=O) groups excluding carboxylic acids is 4. The molecule has 4 amide bonds. The molecule has 2 fully saturated rings. The van der Waals surface area contributed by atoms with Gasteiger partial charge in [-0.1, -0.05) is 30.3 Å². The number of hydrogen-bond acceptors (Lipinski definition) is 6. The number of hydrogen-bond donors (Lipinski definition) is 2. The second kappa shape index (κ2) is 10.2. The number of carbonyl (C=O) groups is 4. The number of ether oxygens (including phenoxy) is 2. The third-order valence-corrected chi connectivity index (χ3v) is 7.09. The molecule has 39 heavy (non-hydrogen) atoms. The second-order valence-corrected chi connectivity index (χ2v) is 9.61. The van der Waals surface area contributed by atoms with Crippen LogP contribution < -0.4 is 15.4 Å². The van der Waals surface area contributed by atoms with Crippen LogP contribution in [0.1, 0.15) is 58.6 Å². The van der Waals surface area contributed by atoms with Crippen LogP contribution in [0.4, 0.5) is 22.4 Å². The minimum Gasteiger partial charge on any atom is -0.446 e. The molecule has 2 heterocycles. The van der Waals surface area contributed by atoms with Gasteiger partial charge in [-0.15, -0.1) is 13.2 Å². The van der Waals surface area contributed by atoms with Crippen LogP contribution in [0.2, 0.25) is 0 Å². The third kappa shape index (κ3) is 5.52. The molecule has 0 radical (unpaired) electrons. The van der Waals surface area contributed by atoms with E-state index in [2.05, 4.69) is 15.4 Å². The third-order valence-electron chi connectivity index (χ3n) is 7.09. The summed E-state index contributed by atoms with van der Waals surface area (Å²) < 4.78 is 62.6. The number of piperidine rings is 1. The molecule has 9 nitrogen and oxygen atoms in total. The van der Waals surface area contributed by atoms with E-state index in [4.69, 9.17) is 4.74 Å². The Bertz CT molecular complexity index is 1340. The lowest BCUT2D eigenvalue weighted by Crippen LogP contribution is -2.52. The van der Waals surface area contributed by atoms with Gasteiger partial charge in [0.25, 0.3) is 5.91 Å². The van der Waals surface area contributed by atoms with Crippen molar-refractivity contribution in [3.63, 3.8) is 0 Å². The number of nitrogens with one attached hydrogen (secondary N) is 2. The van der Waals surface area contributed by atoms with Crippen molar-refractivity contribution in [2.75, 3.05) is 0 Å². The van der Waals surface area contributed by atoms with E-state index >= 15 is 4.39 Å². The maximum Gasteiger partial charge on any atom is 0.573 e. The van der Waals surface area contributed by atoms with Crippen LogP contribution in [0.5, 0.6) is 5.75 Å². The molecule has 5 rings (SSSR count). The summed E-state index contributed by atoms with van der Waals surface area (Å²) in [7, 11) is 0. The van der Waals surface area contributed by atoms with Crippen molar-refractivity contribution in [1.82, 2.24) is 15.5 Å². The number of rotatable bonds is 6. The monoisotopic (exact) mass is 549 g/mol. The summed E-state index contributed by atoms with van der Waals surface area (Å²) in [6, 6.07) is 7.87. The summed E-state index contributed by atoms with van der Waals surface area (Å²) >= 11 is 0. The van der Waals surface area contributed by atoms with Crippen LogP contribution in [0.25, 0.3) is 0 Å². The quantitative estimate of drug-likeness (QED) is 0.420. The number of imide groups is 1. The Morgan fingerprint density at radius 3 is 2.56 bits per heavy atom. The minimum absolute atomic E-state index is 0.0209. The average Bonchev–Trinajstić information content (AvgIpc) is 3.17. The molecule has 206 valence electrons. The van der Waals surface area contributed by atoms with E-state index in [1.807, 2.05) is 0 Å². The number of alkyl carbamates (subject to hydrolysis) is 1. The molecule has 2 aromatic carbocycles. The van der Waals surface area contributed by atoms with E-state index in [-0.39, 0.29) is 48.7 Å². The SMILES string of the molecule is O=C1CCC(N2Cc3ccc(CNC(=O)OC4CC(c5ccccc5OC(F)(F)F)C4)c(F)c3C2=O)C(=O)N1. The fourth-order valence-corrected chi connectivity index (χ4v) is 5.10. The highest BCUT2D eigenvalue weighted by Gasteiger charge is 2.41. The summed E-state index contributed by atoms with van der Waals surface area (Å²) in [6.07, 6.45) is -5.39. The van der Waals surface area contributed by atoms with Gasteiger partial charge in [0.2, 0.25) is 11.8 Å². The van der Waals surface area contributed by atoms with E-state index in [0.29, 0.717) is 24.0 Å². The zero-order valence-electron chi connectivity index (χ0n) is 20.3. The molecular weight excluding hydrogens is 526 g/mol. The summed E-state index contributed by atoms with van der Waals surface area (Å²) in [5.74, 6) is -3.10. The van der Waals surface area contributed by atoms with Crippen molar-refractivity contribution in [1.29, 1.82) is 0 Å². The molecule has 1 atom stereocenters. The van der Waals surface area contributed by atoms with Crippen molar-refractivity contribution < 1.29 is 46.2 Å². The van der Waals surface area contributed by atoms with Crippen LogP contribution in [-0.2, 0) is 27.4 Å². The Labute approximate surface area is 219 Å². The Hall–Kier alpha value is -4.16. The molecule has 3 aliphatic rings. The first-order chi connectivity index (χ1) is 18.5. The fourth-order valence-electron chi connectivity index (χ4n) is 5.10. The molecule has 2 aliphatic heterocycles. The van der Waals surface area contributed by atoms with Gasteiger partial charge >= 0.3 is 12.5 Å². The first-order valence-electron chi connectivity index (χ1n) is 12.2. The highest BCUT2D eigenvalue weighted by molar-refractivity contribution is 6.05. The summed E-state index contributed by atoms with van der Waals surface area (Å²) in [5, 5.41) is 4.61. The van der Waals surface area contributed by atoms with E-state index < -0.39 is 48.1 Å². The maximum absolute atomic E-state index is 15.2. The lowest BCUT2D eigenvalue weighted by molar-refractivity contribution is -0.275. The highest BCUT2D eigenvalue weighted by Crippen LogP contribution is 2.43. The summed E-state index contributed by atoms with van der Waals surface area (Å²) in [4.78, 5) is 50.0. The van der Waals surface area contributed by atoms with Crippen LogP contribution in [0.3, 0.4) is 0 Å². The molecule has 2 aromatic rings. The number of alkyl halides is 3. The maximum atomic E-state index is 15.2. The fraction of sp³-hybridized carbons (Fsp3) is 0.385. The van der Waals surface area contributed by atoms with Gasteiger partial charge in [-0.3, -0.25) is 19.7 Å². The van der Waals surface area contributed by atoms with Gasteiger partial charge in [-0.25, -0.2) is 9.18 Å². The number of amides is 4. The summed E-state index contributed by atoms with van der Waals surface area (Å²) in [6.45, 7) is -0.255. The van der Waals surface area contributed by atoms with Crippen molar-refractivity contribution in [2.45, 2.75) is 63.2 Å². The van der Waals surface area contributed by atoms with Crippen molar-refractivity contribution in [2.24, 2.45) is 0 Å². The largest absolute Gasteiger partial charge is 0.573 e. The van der Waals surface area contributed by atoms with Gasteiger partial charge in [0.15, 0.2) is 0 Å².